The Balaban J connectivity index is 1.58. The van der Waals surface area contributed by atoms with Crippen molar-refractivity contribution in [2.24, 2.45) is 7.05 Å². The number of aromatic nitrogens is 2. The third-order valence-electron chi connectivity index (χ3n) is 4.83. The summed E-state index contributed by atoms with van der Waals surface area (Å²) in [5, 5.41) is 4.16. The summed E-state index contributed by atoms with van der Waals surface area (Å²) in [6, 6.07) is 16.6. The zero-order chi connectivity index (χ0) is 21.1. The van der Waals surface area contributed by atoms with Gasteiger partial charge in [0.05, 0.1) is 12.1 Å². The highest BCUT2D eigenvalue weighted by Gasteiger charge is 2.20. The Morgan fingerprint density at radius 1 is 1.10 bits per heavy atom. The number of nitrogens with zero attached hydrogens (tertiary/aromatic N) is 2. The molecule has 0 unspecified atom stereocenters. The molecule has 1 N–H and O–H groups in total. The third kappa shape index (κ3) is 3.82. The van der Waals surface area contributed by atoms with Crippen LogP contribution < -0.4 is 14.8 Å². The van der Waals surface area contributed by atoms with Crippen molar-refractivity contribution >= 4 is 34.1 Å². The fourth-order valence-corrected chi connectivity index (χ4v) is 3.67. The molecule has 6 nitrogen and oxygen atoms in total. The molecule has 0 spiro atoms. The fraction of sp³-hybridized carbons (Fsp3) is 0.130. The third-order valence-corrected chi connectivity index (χ3v) is 5.21. The minimum absolute atomic E-state index is 0.302. The molecule has 0 aliphatic rings. The molecule has 0 bridgehead atoms. The maximum Gasteiger partial charge on any atom is 0.273 e. The van der Waals surface area contributed by atoms with E-state index in [1.54, 1.807) is 42.3 Å². The molecule has 0 aliphatic carbocycles. The quantitative estimate of drug-likeness (QED) is 0.472. The number of para-hydroxylation sites is 1. The highest BCUT2D eigenvalue weighted by Crippen LogP contribution is 2.33. The van der Waals surface area contributed by atoms with E-state index in [9.17, 15) is 4.79 Å². The second-order valence-corrected chi connectivity index (χ2v) is 7.08. The van der Waals surface area contributed by atoms with Gasteiger partial charge in [-0.1, -0.05) is 29.8 Å². The van der Waals surface area contributed by atoms with Crippen LogP contribution in [0, 0.1) is 0 Å². The first-order valence-electron chi connectivity index (χ1n) is 9.32. The molecule has 2 aromatic carbocycles. The van der Waals surface area contributed by atoms with Gasteiger partial charge in [0.1, 0.15) is 12.3 Å². The number of benzene rings is 2. The Hall–Kier alpha value is -3.51. The van der Waals surface area contributed by atoms with Crippen molar-refractivity contribution in [3.8, 4) is 11.5 Å². The van der Waals surface area contributed by atoms with Crippen molar-refractivity contribution in [3.63, 3.8) is 0 Å². The van der Waals surface area contributed by atoms with E-state index >= 15 is 0 Å². The van der Waals surface area contributed by atoms with E-state index in [2.05, 4.69) is 10.3 Å². The van der Waals surface area contributed by atoms with E-state index in [0.29, 0.717) is 34.5 Å². The van der Waals surface area contributed by atoms with Crippen LogP contribution in [0.2, 0.25) is 5.02 Å². The second kappa shape index (κ2) is 8.47. The van der Waals surface area contributed by atoms with Crippen molar-refractivity contribution in [2.45, 2.75) is 6.61 Å². The van der Waals surface area contributed by atoms with E-state index in [0.717, 1.165) is 16.5 Å². The number of anilines is 1. The summed E-state index contributed by atoms with van der Waals surface area (Å²) >= 11 is 6.49. The van der Waals surface area contributed by atoms with Crippen molar-refractivity contribution < 1.29 is 14.3 Å². The summed E-state index contributed by atoms with van der Waals surface area (Å²) in [4.78, 5) is 17.0. The Labute approximate surface area is 179 Å². The fourth-order valence-electron chi connectivity index (χ4n) is 3.30. The molecular weight excluding hydrogens is 402 g/mol. The second-order valence-electron chi connectivity index (χ2n) is 6.70. The van der Waals surface area contributed by atoms with Crippen molar-refractivity contribution in [1.82, 2.24) is 9.55 Å². The minimum Gasteiger partial charge on any atom is -0.493 e. The molecule has 0 radical (unpaired) electrons. The van der Waals surface area contributed by atoms with Crippen LogP contribution in [0.5, 0.6) is 11.5 Å². The van der Waals surface area contributed by atoms with Gasteiger partial charge in [-0.15, -0.1) is 0 Å². The number of amides is 1. The van der Waals surface area contributed by atoms with Gasteiger partial charge in [-0.25, -0.2) is 0 Å². The largest absolute Gasteiger partial charge is 0.493 e. The molecule has 2 aromatic heterocycles. The van der Waals surface area contributed by atoms with Gasteiger partial charge in [0, 0.05) is 42.1 Å². The Morgan fingerprint density at radius 3 is 2.60 bits per heavy atom. The van der Waals surface area contributed by atoms with E-state index < -0.39 is 0 Å². The van der Waals surface area contributed by atoms with Gasteiger partial charge in [-0.2, -0.15) is 0 Å². The maximum absolute atomic E-state index is 13.0. The lowest BCUT2D eigenvalue weighted by atomic mass is 10.2. The Kier molecular flexibility index (Phi) is 5.59. The van der Waals surface area contributed by atoms with Gasteiger partial charge in [0.15, 0.2) is 11.5 Å². The van der Waals surface area contributed by atoms with Crippen LogP contribution in [0.25, 0.3) is 10.9 Å². The molecule has 0 atom stereocenters. The standard InChI is InChI=1S/C23H20ClN3O3/c1-27-18-6-4-3-5-17(18)21(24)22(27)23(28)26-16-7-8-19(29-2)20(13-16)30-14-15-9-11-25-12-10-15/h3-13H,14H2,1-2H3,(H,26,28). The summed E-state index contributed by atoms with van der Waals surface area (Å²) < 4.78 is 13.1. The van der Waals surface area contributed by atoms with E-state index in [4.69, 9.17) is 21.1 Å². The molecule has 0 fully saturated rings. The summed E-state index contributed by atoms with van der Waals surface area (Å²) in [7, 11) is 3.39. The van der Waals surface area contributed by atoms with E-state index in [-0.39, 0.29) is 5.91 Å². The van der Waals surface area contributed by atoms with Crippen LogP contribution in [-0.4, -0.2) is 22.6 Å². The zero-order valence-corrected chi connectivity index (χ0v) is 17.3. The number of nitrogens with one attached hydrogen (secondary N) is 1. The smallest absolute Gasteiger partial charge is 0.273 e. The van der Waals surface area contributed by atoms with Crippen molar-refractivity contribution in [3.05, 3.63) is 83.3 Å². The van der Waals surface area contributed by atoms with Crippen LogP contribution in [0.1, 0.15) is 16.1 Å². The number of fused-ring (bicyclic) bond motifs is 1. The van der Waals surface area contributed by atoms with Gasteiger partial charge < -0.3 is 19.4 Å². The molecule has 4 aromatic rings. The molecular formula is C23H20ClN3O3. The number of carbonyl (C=O) groups is 1. The first kappa shape index (κ1) is 19.8. The number of methoxy groups -OCH3 is 1. The number of hydrogen-bond acceptors (Lipinski definition) is 4. The number of pyridine rings is 1. The van der Waals surface area contributed by atoms with Gasteiger partial charge in [0.2, 0.25) is 0 Å². The number of hydrogen-bond donors (Lipinski definition) is 1. The molecule has 0 aliphatic heterocycles. The van der Waals surface area contributed by atoms with Gasteiger partial charge in [-0.05, 0) is 35.9 Å². The minimum atomic E-state index is -0.302. The van der Waals surface area contributed by atoms with Crippen LogP contribution in [0.4, 0.5) is 5.69 Å². The van der Waals surface area contributed by atoms with Crippen LogP contribution in [0.3, 0.4) is 0 Å². The number of halogens is 1. The highest BCUT2D eigenvalue weighted by atomic mass is 35.5. The predicted molar refractivity (Wildman–Crippen MR) is 117 cm³/mol. The highest BCUT2D eigenvalue weighted by molar-refractivity contribution is 6.39. The zero-order valence-electron chi connectivity index (χ0n) is 16.6. The van der Waals surface area contributed by atoms with Gasteiger partial charge >= 0.3 is 0 Å². The lowest BCUT2D eigenvalue weighted by Crippen LogP contribution is -2.16. The molecule has 0 saturated carbocycles. The molecule has 0 saturated heterocycles. The first-order valence-corrected chi connectivity index (χ1v) is 9.70. The van der Waals surface area contributed by atoms with Crippen LogP contribution >= 0.6 is 11.6 Å². The van der Waals surface area contributed by atoms with Crippen LogP contribution in [0.15, 0.2) is 67.0 Å². The molecule has 7 heteroatoms. The molecule has 30 heavy (non-hydrogen) atoms. The monoisotopic (exact) mass is 421 g/mol. The normalized spacial score (nSPS) is 10.8. The molecule has 2 heterocycles. The summed E-state index contributed by atoms with van der Waals surface area (Å²) in [6.45, 7) is 0.352. The SMILES string of the molecule is COc1ccc(NC(=O)c2c(Cl)c3ccccc3n2C)cc1OCc1ccncc1. The summed E-state index contributed by atoms with van der Waals surface area (Å²) in [6.07, 6.45) is 3.42. The number of rotatable bonds is 6. The Morgan fingerprint density at radius 2 is 1.87 bits per heavy atom. The predicted octanol–water partition coefficient (Wildman–Crippen LogP) is 5.07. The Bertz CT molecular complexity index is 1170. The first-order chi connectivity index (χ1) is 14.6. The van der Waals surface area contributed by atoms with Gasteiger partial charge in [0.25, 0.3) is 5.91 Å². The average molecular weight is 422 g/mol. The maximum atomic E-state index is 13.0. The van der Waals surface area contributed by atoms with E-state index in [1.165, 1.54) is 0 Å². The van der Waals surface area contributed by atoms with Crippen molar-refractivity contribution in [2.75, 3.05) is 12.4 Å². The molecule has 152 valence electrons. The number of aryl methyl sites for hydroxylation is 1. The lowest BCUT2D eigenvalue weighted by molar-refractivity contribution is 0.102. The van der Waals surface area contributed by atoms with Gasteiger partial charge in [-0.3, -0.25) is 9.78 Å². The topological polar surface area (TPSA) is 65.4 Å². The van der Waals surface area contributed by atoms with Crippen molar-refractivity contribution in [1.29, 1.82) is 0 Å². The average Bonchev–Trinajstić information content (AvgIpc) is 3.03. The number of ether oxygens (including phenoxy) is 2. The summed E-state index contributed by atoms with van der Waals surface area (Å²) in [5.74, 6) is 0.795. The molecule has 1 amide bonds. The van der Waals surface area contributed by atoms with E-state index in [1.807, 2.05) is 43.4 Å². The van der Waals surface area contributed by atoms with Crippen LogP contribution in [-0.2, 0) is 13.7 Å². The number of carbonyl (C=O) groups excluding carboxylic acids is 1. The summed E-state index contributed by atoms with van der Waals surface area (Å²) in [5.41, 5.74) is 2.84. The molecule has 4 rings (SSSR count). The lowest BCUT2D eigenvalue weighted by Gasteiger charge is -2.13.